The van der Waals surface area contributed by atoms with Crippen molar-refractivity contribution in [2.75, 3.05) is 18.1 Å². The van der Waals surface area contributed by atoms with Gasteiger partial charge >= 0.3 is 12.1 Å². The Morgan fingerprint density at radius 1 is 1.26 bits per heavy atom. The molecule has 1 aromatic rings. The lowest BCUT2D eigenvalue weighted by Crippen LogP contribution is -2.41. The highest BCUT2D eigenvalue weighted by Gasteiger charge is 2.51. The molecule has 4 rings (SSSR count). The fraction of sp³-hybridized carbons (Fsp3) is 0.450. The lowest BCUT2D eigenvalue weighted by atomic mass is 9.82. The summed E-state index contributed by atoms with van der Waals surface area (Å²) in [5, 5.41) is 12.5. The summed E-state index contributed by atoms with van der Waals surface area (Å²) in [6, 6.07) is 7.09. The topological polar surface area (TPSA) is 95.9 Å². The summed E-state index contributed by atoms with van der Waals surface area (Å²) in [6.45, 7) is 2.72. The van der Waals surface area contributed by atoms with Gasteiger partial charge in [-0.3, -0.25) is 14.5 Å². The third-order valence-corrected chi connectivity index (χ3v) is 5.85. The maximum atomic E-state index is 12.8. The predicted octanol–water partition coefficient (Wildman–Crippen LogP) is 2.34. The number of hydrogen-bond donors (Lipinski definition) is 2. The normalized spacial score (nSPS) is 29.7. The summed E-state index contributed by atoms with van der Waals surface area (Å²) in [5.41, 5.74) is 1.58. The van der Waals surface area contributed by atoms with Crippen molar-refractivity contribution in [1.29, 1.82) is 0 Å². The van der Waals surface area contributed by atoms with Crippen LogP contribution in [0.3, 0.4) is 0 Å². The molecule has 0 spiro atoms. The van der Waals surface area contributed by atoms with Gasteiger partial charge in [0.2, 0.25) is 5.91 Å². The Labute approximate surface area is 157 Å². The number of carboxylic acids is 1. The zero-order chi connectivity index (χ0) is 19.1. The van der Waals surface area contributed by atoms with Crippen LogP contribution in [0.5, 0.6) is 0 Å². The van der Waals surface area contributed by atoms with Crippen LogP contribution in [0.15, 0.2) is 36.4 Å². The van der Waals surface area contributed by atoms with Crippen molar-refractivity contribution in [3.63, 3.8) is 0 Å². The molecular formula is C20H22N2O5. The lowest BCUT2D eigenvalue weighted by molar-refractivity contribution is -0.148. The Morgan fingerprint density at radius 3 is 2.67 bits per heavy atom. The second-order valence-corrected chi connectivity index (χ2v) is 7.43. The number of carbonyl (C=O) groups is 3. The number of amides is 2. The molecule has 2 N–H and O–H groups in total. The van der Waals surface area contributed by atoms with Gasteiger partial charge in [0, 0.05) is 5.69 Å². The molecule has 0 radical (unpaired) electrons. The van der Waals surface area contributed by atoms with E-state index in [1.165, 1.54) is 0 Å². The maximum Gasteiger partial charge on any atom is 0.414 e. The monoisotopic (exact) mass is 370 g/mol. The van der Waals surface area contributed by atoms with Crippen molar-refractivity contribution >= 4 is 23.7 Å². The highest BCUT2D eigenvalue weighted by atomic mass is 16.6. The molecule has 2 bridgehead atoms. The van der Waals surface area contributed by atoms with E-state index < -0.39 is 17.8 Å². The molecule has 1 saturated carbocycles. The highest BCUT2D eigenvalue weighted by Crippen LogP contribution is 2.48. The second kappa shape index (κ2) is 6.72. The van der Waals surface area contributed by atoms with E-state index in [1.807, 2.05) is 43.3 Å². The molecule has 7 nitrogen and oxygen atoms in total. The zero-order valence-corrected chi connectivity index (χ0v) is 15.0. The Hall–Kier alpha value is -2.83. The van der Waals surface area contributed by atoms with Crippen LogP contribution in [-0.2, 0) is 14.3 Å². The summed E-state index contributed by atoms with van der Waals surface area (Å²) in [5.74, 6) is -2.38. The molecule has 5 unspecified atom stereocenters. The third kappa shape index (κ3) is 3.07. The standard InChI is InChI=1S/C20H22N2O5/c1-11(12-3-2-4-15(10-12)22-7-8-27-20(22)26)21-18(23)16-13-5-6-14(9-13)17(16)19(24)25/h2-6,10-11,13-14,16-17H,7-9H2,1H3,(H,21,23)(H,24,25). The summed E-state index contributed by atoms with van der Waals surface area (Å²) in [6.07, 6.45) is 4.26. The molecule has 27 heavy (non-hydrogen) atoms. The molecule has 1 aromatic carbocycles. The average molecular weight is 370 g/mol. The van der Waals surface area contributed by atoms with Crippen LogP contribution >= 0.6 is 0 Å². The van der Waals surface area contributed by atoms with Gasteiger partial charge in [-0.2, -0.15) is 0 Å². The molecule has 2 amide bonds. The van der Waals surface area contributed by atoms with E-state index in [0.717, 1.165) is 17.7 Å². The van der Waals surface area contributed by atoms with Crippen LogP contribution in [-0.4, -0.2) is 36.2 Å². The molecule has 2 aliphatic carbocycles. The number of carboxylic acid groups (broad SMARTS) is 1. The lowest BCUT2D eigenvalue weighted by Gasteiger charge is -2.26. The first-order valence-corrected chi connectivity index (χ1v) is 9.21. The minimum atomic E-state index is -0.908. The molecule has 7 heteroatoms. The number of nitrogens with one attached hydrogen (secondary N) is 1. The number of hydrogen-bond acceptors (Lipinski definition) is 4. The molecule has 0 aromatic heterocycles. The maximum absolute atomic E-state index is 12.8. The van der Waals surface area contributed by atoms with E-state index in [1.54, 1.807) is 4.90 Å². The Kier molecular flexibility index (Phi) is 4.37. The molecule has 5 atom stereocenters. The van der Waals surface area contributed by atoms with Gasteiger partial charge in [-0.25, -0.2) is 4.79 Å². The minimum Gasteiger partial charge on any atom is -0.481 e. The van der Waals surface area contributed by atoms with Crippen molar-refractivity contribution in [2.24, 2.45) is 23.7 Å². The van der Waals surface area contributed by atoms with Gasteiger partial charge in [0.15, 0.2) is 0 Å². The number of fused-ring (bicyclic) bond motifs is 2. The van der Waals surface area contributed by atoms with Gasteiger partial charge in [-0.1, -0.05) is 24.3 Å². The molecule has 142 valence electrons. The molecule has 1 aliphatic heterocycles. The first-order valence-electron chi connectivity index (χ1n) is 9.21. The van der Waals surface area contributed by atoms with Crippen molar-refractivity contribution in [3.8, 4) is 0 Å². The number of carbonyl (C=O) groups excluding carboxylic acids is 2. The van der Waals surface area contributed by atoms with Crippen LogP contribution < -0.4 is 10.2 Å². The fourth-order valence-electron chi connectivity index (χ4n) is 4.50. The highest BCUT2D eigenvalue weighted by molar-refractivity contribution is 5.89. The number of benzene rings is 1. The molecule has 1 saturated heterocycles. The smallest absolute Gasteiger partial charge is 0.414 e. The Morgan fingerprint density at radius 2 is 2.00 bits per heavy atom. The third-order valence-electron chi connectivity index (χ3n) is 5.85. The number of nitrogens with zero attached hydrogens (tertiary/aromatic N) is 1. The first kappa shape index (κ1) is 17.6. The molecule has 1 heterocycles. The van der Waals surface area contributed by atoms with Crippen LogP contribution in [0.25, 0.3) is 0 Å². The quantitative estimate of drug-likeness (QED) is 0.776. The molecule has 2 fully saturated rings. The predicted molar refractivity (Wildman–Crippen MR) is 97.0 cm³/mol. The van der Waals surface area contributed by atoms with Crippen molar-refractivity contribution in [3.05, 3.63) is 42.0 Å². The van der Waals surface area contributed by atoms with Gasteiger partial charge in [0.1, 0.15) is 6.61 Å². The fourth-order valence-corrected chi connectivity index (χ4v) is 4.50. The van der Waals surface area contributed by atoms with Crippen molar-refractivity contribution in [2.45, 2.75) is 19.4 Å². The second-order valence-electron chi connectivity index (χ2n) is 7.43. The largest absolute Gasteiger partial charge is 0.481 e. The van der Waals surface area contributed by atoms with E-state index >= 15 is 0 Å². The number of cyclic esters (lactones) is 1. The summed E-state index contributed by atoms with van der Waals surface area (Å²) < 4.78 is 4.97. The Bertz CT molecular complexity index is 820. The summed E-state index contributed by atoms with van der Waals surface area (Å²) in [4.78, 5) is 37.8. The number of aliphatic carboxylic acids is 1. The van der Waals surface area contributed by atoms with E-state index in [0.29, 0.717) is 13.2 Å². The zero-order valence-electron chi connectivity index (χ0n) is 15.0. The number of anilines is 1. The SMILES string of the molecule is CC(NC(=O)C1C2C=CC(C2)C1C(=O)O)c1cccc(N2CCOC2=O)c1. The van der Waals surface area contributed by atoms with Gasteiger partial charge in [0.05, 0.1) is 24.4 Å². The van der Waals surface area contributed by atoms with Gasteiger partial charge in [-0.05, 0) is 42.9 Å². The van der Waals surface area contributed by atoms with Crippen molar-refractivity contribution < 1.29 is 24.2 Å². The Balaban J connectivity index is 1.48. The van der Waals surface area contributed by atoms with Gasteiger partial charge in [-0.15, -0.1) is 0 Å². The van der Waals surface area contributed by atoms with E-state index in [4.69, 9.17) is 4.74 Å². The number of ether oxygens (including phenoxy) is 1. The van der Waals surface area contributed by atoms with Gasteiger partial charge in [0.25, 0.3) is 0 Å². The van der Waals surface area contributed by atoms with Gasteiger partial charge < -0.3 is 15.2 Å². The summed E-state index contributed by atoms with van der Waals surface area (Å²) in [7, 11) is 0. The molecule has 3 aliphatic rings. The summed E-state index contributed by atoms with van der Waals surface area (Å²) >= 11 is 0. The van der Waals surface area contributed by atoms with E-state index in [-0.39, 0.29) is 29.9 Å². The minimum absolute atomic E-state index is 0.00555. The number of allylic oxidation sites excluding steroid dienone is 2. The van der Waals surface area contributed by atoms with Crippen LogP contribution in [0, 0.1) is 23.7 Å². The van der Waals surface area contributed by atoms with Crippen LogP contribution in [0.1, 0.15) is 24.9 Å². The first-order chi connectivity index (χ1) is 13.0. The number of rotatable bonds is 5. The van der Waals surface area contributed by atoms with Crippen LogP contribution in [0.2, 0.25) is 0 Å². The van der Waals surface area contributed by atoms with E-state index in [2.05, 4.69) is 5.32 Å². The van der Waals surface area contributed by atoms with Crippen LogP contribution in [0.4, 0.5) is 10.5 Å². The van der Waals surface area contributed by atoms with E-state index in [9.17, 15) is 19.5 Å². The van der Waals surface area contributed by atoms with Crippen molar-refractivity contribution in [1.82, 2.24) is 5.32 Å². The average Bonchev–Trinajstić information content (AvgIpc) is 3.36. The molecular weight excluding hydrogens is 348 g/mol.